The van der Waals surface area contributed by atoms with Crippen LogP contribution in [-0.2, 0) is 0 Å². The Labute approximate surface area is 104 Å². The Morgan fingerprint density at radius 2 is 1.73 bits per heavy atom. The Morgan fingerprint density at radius 3 is 2.40 bits per heavy atom. The van der Waals surface area contributed by atoms with E-state index in [-0.39, 0.29) is 1.43 Å². The van der Waals surface area contributed by atoms with Gasteiger partial charge in [-0.15, -0.1) is 0 Å². The van der Waals surface area contributed by atoms with Gasteiger partial charge in [0.15, 0.2) is 0 Å². The largest absolute Gasteiger partial charge is 0.223 e. The fraction of sp³-hybridized carbons (Fsp3) is 0.571. The van der Waals surface area contributed by atoms with Crippen LogP contribution in [0.5, 0.6) is 0 Å². The third-order valence-electron chi connectivity index (χ3n) is 3.11. The summed E-state index contributed by atoms with van der Waals surface area (Å²) in [6.07, 6.45) is 8.45. The molecule has 0 nitrogen and oxygen atoms in total. The first-order valence-electron chi connectivity index (χ1n) is 6.39. The highest BCUT2D eigenvalue weighted by atomic mass is 27.0. The number of hydrogen-bond acceptors (Lipinski definition) is 0. The van der Waals surface area contributed by atoms with E-state index in [1.807, 2.05) is 0 Å². The van der Waals surface area contributed by atoms with Gasteiger partial charge in [-0.1, -0.05) is 86.1 Å². The van der Waals surface area contributed by atoms with Crippen molar-refractivity contribution < 1.29 is 1.43 Å². The molecule has 84 valence electrons. The first-order chi connectivity index (χ1) is 7.34. The second-order valence-electron chi connectivity index (χ2n) is 4.51. The Bertz CT molecular complexity index is 248. The summed E-state index contributed by atoms with van der Waals surface area (Å²) in [7, 11) is 0. The van der Waals surface area contributed by atoms with Crippen molar-refractivity contribution in [3.8, 4) is 0 Å². The van der Waals surface area contributed by atoms with E-state index in [4.69, 9.17) is 0 Å². The number of rotatable bonds is 7. The first-order valence-corrected chi connectivity index (χ1v) is 7.55. The maximum atomic E-state index is 2.28. The van der Waals surface area contributed by atoms with Gasteiger partial charge in [0.1, 0.15) is 0 Å². The molecular weight excluding hydrogens is 195 g/mol. The number of unbranched alkanes of at least 4 members (excludes halogenated alkanes) is 4. The minimum absolute atomic E-state index is 0. The van der Waals surface area contributed by atoms with Crippen molar-refractivity contribution in [2.45, 2.75) is 50.2 Å². The van der Waals surface area contributed by atoms with E-state index in [0.717, 1.165) is 4.78 Å². The van der Waals surface area contributed by atoms with E-state index in [1.54, 1.807) is 5.56 Å². The van der Waals surface area contributed by atoms with Crippen LogP contribution in [0.4, 0.5) is 0 Å². The monoisotopic (exact) mass is 220 g/mol. The van der Waals surface area contributed by atoms with Gasteiger partial charge in [0.2, 0.25) is 16.3 Å². The van der Waals surface area contributed by atoms with Crippen LogP contribution >= 0.6 is 0 Å². The predicted molar refractivity (Wildman–Crippen MR) is 73.2 cm³/mol. The molecule has 1 heteroatoms. The van der Waals surface area contributed by atoms with E-state index < -0.39 is 0 Å². The zero-order valence-corrected chi connectivity index (χ0v) is 12.2. The molecule has 0 amide bonds. The van der Waals surface area contributed by atoms with Crippen LogP contribution in [0, 0.1) is 0 Å². The third kappa shape index (κ3) is 5.40. The van der Waals surface area contributed by atoms with Crippen molar-refractivity contribution in [1.29, 1.82) is 0 Å². The van der Waals surface area contributed by atoms with Gasteiger partial charge in [0.25, 0.3) is 0 Å². The summed E-state index contributed by atoms with van der Waals surface area (Å²) >= 11 is 1.30. The molecule has 15 heavy (non-hydrogen) atoms. The van der Waals surface area contributed by atoms with Gasteiger partial charge in [-0.25, -0.2) is 0 Å². The standard InChI is InChI=1S/C14H21.Al.H2.2H/c1-2-3-4-5-6-8-11-14-12-9-7-10-13-14;;;;/h7,9-13H,2-6,8H2,1H3;;1H;;. The van der Waals surface area contributed by atoms with E-state index >= 15 is 0 Å². The highest BCUT2D eigenvalue weighted by Crippen LogP contribution is 2.19. The molecule has 1 unspecified atom stereocenters. The predicted octanol–water partition coefficient (Wildman–Crippen LogP) is 3.97. The number of hydrogen-bond donors (Lipinski definition) is 0. The smallest absolute Gasteiger partial charge is 0.0670 e. The summed E-state index contributed by atoms with van der Waals surface area (Å²) in [5.41, 5.74) is 1.56. The van der Waals surface area contributed by atoms with Crippen molar-refractivity contribution in [2.24, 2.45) is 0 Å². The van der Waals surface area contributed by atoms with Crippen molar-refractivity contribution in [1.82, 2.24) is 0 Å². The molecule has 0 heterocycles. The highest BCUT2D eigenvalue weighted by molar-refractivity contribution is 6.12. The SMILES string of the molecule is CCCCCCC[CH]([AlH2])c1ccccc1.[HH]. The number of benzene rings is 1. The molecule has 0 saturated heterocycles. The molecule has 0 aromatic heterocycles. The summed E-state index contributed by atoms with van der Waals surface area (Å²) in [4.78, 5) is 0. The topological polar surface area (TPSA) is 0 Å². The minimum atomic E-state index is 0. The van der Waals surface area contributed by atoms with Gasteiger partial charge in [0, 0.05) is 1.43 Å². The Kier molecular flexibility index (Phi) is 6.81. The van der Waals surface area contributed by atoms with Crippen LogP contribution in [-0.4, -0.2) is 16.3 Å². The van der Waals surface area contributed by atoms with Crippen molar-refractivity contribution in [3.05, 3.63) is 35.9 Å². The lowest BCUT2D eigenvalue weighted by Crippen LogP contribution is -1.97. The highest BCUT2D eigenvalue weighted by Gasteiger charge is 2.03. The molecule has 0 bridgehead atoms. The molecule has 1 rings (SSSR count). The lowest BCUT2D eigenvalue weighted by molar-refractivity contribution is 0.601. The normalized spacial score (nSPS) is 12.6. The third-order valence-corrected chi connectivity index (χ3v) is 4.35. The van der Waals surface area contributed by atoms with Gasteiger partial charge in [-0.3, -0.25) is 0 Å². The fourth-order valence-corrected chi connectivity index (χ4v) is 2.80. The molecule has 0 aliphatic carbocycles. The molecule has 1 atom stereocenters. The van der Waals surface area contributed by atoms with Crippen LogP contribution in [0.15, 0.2) is 30.3 Å². The maximum Gasteiger partial charge on any atom is 0.223 e. The summed E-state index contributed by atoms with van der Waals surface area (Å²) in [6, 6.07) is 11.0. The Hall–Kier alpha value is -0.248. The molecule has 0 N–H and O–H groups in total. The summed E-state index contributed by atoms with van der Waals surface area (Å²) in [6.45, 7) is 2.28. The van der Waals surface area contributed by atoms with Gasteiger partial charge in [-0.2, -0.15) is 0 Å². The average Bonchev–Trinajstić information content (AvgIpc) is 2.30. The van der Waals surface area contributed by atoms with Crippen molar-refractivity contribution in [2.75, 3.05) is 0 Å². The second kappa shape index (κ2) is 7.97. The molecule has 0 radical (unpaired) electrons. The lowest BCUT2D eigenvalue weighted by Gasteiger charge is -2.11. The molecule has 1 aromatic carbocycles. The molecule has 0 saturated carbocycles. The van der Waals surface area contributed by atoms with E-state index in [1.165, 1.54) is 54.8 Å². The van der Waals surface area contributed by atoms with Gasteiger partial charge < -0.3 is 0 Å². The second-order valence-corrected chi connectivity index (χ2v) is 5.91. The van der Waals surface area contributed by atoms with Crippen LogP contribution in [0.2, 0.25) is 0 Å². The molecular formula is C14H25Al. The van der Waals surface area contributed by atoms with Gasteiger partial charge in [-0.05, 0) is 0 Å². The first kappa shape index (κ1) is 12.8. The lowest BCUT2D eigenvalue weighted by atomic mass is 10.0. The molecule has 1 aromatic rings. The summed E-state index contributed by atoms with van der Waals surface area (Å²) < 4.78 is 0.868. The Morgan fingerprint density at radius 1 is 1.07 bits per heavy atom. The van der Waals surface area contributed by atoms with Crippen LogP contribution in [0.1, 0.15) is 57.2 Å². The van der Waals surface area contributed by atoms with E-state index in [0.29, 0.717) is 0 Å². The van der Waals surface area contributed by atoms with Gasteiger partial charge >= 0.3 is 0 Å². The van der Waals surface area contributed by atoms with E-state index in [2.05, 4.69) is 37.3 Å². The molecule has 0 aliphatic rings. The summed E-state index contributed by atoms with van der Waals surface area (Å²) in [5.74, 6) is 0. The Balaban J connectivity index is 0.00000225. The van der Waals surface area contributed by atoms with E-state index in [9.17, 15) is 0 Å². The van der Waals surface area contributed by atoms with Crippen LogP contribution < -0.4 is 0 Å². The molecule has 0 aliphatic heterocycles. The zero-order chi connectivity index (χ0) is 10.9. The maximum absolute atomic E-state index is 2.28. The summed E-state index contributed by atoms with van der Waals surface area (Å²) in [5, 5.41) is 0. The van der Waals surface area contributed by atoms with Crippen LogP contribution in [0.3, 0.4) is 0 Å². The van der Waals surface area contributed by atoms with Gasteiger partial charge in [0.05, 0.1) is 0 Å². The van der Waals surface area contributed by atoms with Crippen LogP contribution in [0.25, 0.3) is 0 Å². The zero-order valence-electron chi connectivity index (χ0n) is 10.2. The molecule has 0 fully saturated rings. The average molecular weight is 220 g/mol. The molecule has 0 spiro atoms. The van der Waals surface area contributed by atoms with Crippen molar-refractivity contribution in [3.63, 3.8) is 0 Å². The van der Waals surface area contributed by atoms with Crippen molar-refractivity contribution >= 4 is 16.3 Å². The minimum Gasteiger partial charge on any atom is -0.0670 e. The quantitative estimate of drug-likeness (QED) is 0.482. The fourth-order valence-electron chi connectivity index (χ4n) is 2.00.